The second kappa shape index (κ2) is 6.83. The van der Waals surface area contributed by atoms with E-state index in [9.17, 15) is 14.7 Å². The standard InChI is InChI=1S/C14H17BrN2O3/c15-10-6-4-8-16-12(10)13(18)17-11-7-3-1-2-5-9(11)14(19)20/h4,6,8-9,11H,1-3,5,7H2,(H,17,18)(H,19,20). The predicted molar refractivity (Wildman–Crippen MR) is 77.4 cm³/mol. The van der Waals surface area contributed by atoms with Crippen molar-refractivity contribution in [3.8, 4) is 0 Å². The van der Waals surface area contributed by atoms with Crippen molar-refractivity contribution < 1.29 is 14.7 Å². The summed E-state index contributed by atoms with van der Waals surface area (Å²) in [6.45, 7) is 0. The van der Waals surface area contributed by atoms with Gasteiger partial charge in [0.25, 0.3) is 5.91 Å². The summed E-state index contributed by atoms with van der Waals surface area (Å²) in [5, 5.41) is 12.1. The van der Waals surface area contributed by atoms with Crippen LogP contribution in [-0.4, -0.2) is 28.0 Å². The second-order valence-corrected chi connectivity index (χ2v) is 5.85. The molecule has 108 valence electrons. The van der Waals surface area contributed by atoms with E-state index in [1.807, 2.05) is 0 Å². The van der Waals surface area contributed by atoms with Gasteiger partial charge in [0.05, 0.1) is 5.92 Å². The molecule has 1 amide bonds. The third-order valence-corrected chi connectivity index (χ3v) is 4.26. The zero-order chi connectivity index (χ0) is 14.5. The summed E-state index contributed by atoms with van der Waals surface area (Å²) in [6, 6.07) is 3.15. The molecule has 0 bridgehead atoms. The van der Waals surface area contributed by atoms with Crippen LogP contribution in [0.1, 0.15) is 42.6 Å². The van der Waals surface area contributed by atoms with Gasteiger partial charge in [-0.3, -0.25) is 9.59 Å². The van der Waals surface area contributed by atoms with Gasteiger partial charge in [0, 0.05) is 16.7 Å². The molecule has 1 heterocycles. The third kappa shape index (κ3) is 3.56. The molecule has 0 saturated heterocycles. The van der Waals surface area contributed by atoms with Gasteiger partial charge in [0.2, 0.25) is 0 Å². The van der Waals surface area contributed by atoms with E-state index < -0.39 is 11.9 Å². The number of carbonyl (C=O) groups excluding carboxylic acids is 1. The maximum Gasteiger partial charge on any atom is 0.308 e. The summed E-state index contributed by atoms with van der Waals surface area (Å²) in [5.74, 6) is -1.67. The number of carbonyl (C=O) groups is 2. The molecule has 5 nitrogen and oxygen atoms in total. The maximum absolute atomic E-state index is 12.2. The lowest BCUT2D eigenvalue weighted by molar-refractivity contribution is -0.142. The van der Waals surface area contributed by atoms with Gasteiger partial charge in [0.1, 0.15) is 5.69 Å². The van der Waals surface area contributed by atoms with E-state index in [-0.39, 0.29) is 11.9 Å². The molecule has 1 saturated carbocycles. The summed E-state index contributed by atoms with van der Waals surface area (Å²) in [5.41, 5.74) is 0.292. The van der Waals surface area contributed by atoms with E-state index in [0.717, 1.165) is 19.3 Å². The Bertz CT molecular complexity index is 507. The van der Waals surface area contributed by atoms with Gasteiger partial charge in [-0.15, -0.1) is 0 Å². The van der Waals surface area contributed by atoms with Gasteiger partial charge in [-0.1, -0.05) is 19.3 Å². The van der Waals surface area contributed by atoms with Crippen LogP contribution in [0.25, 0.3) is 0 Å². The molecule has 0 aromatic carbocycles. The zero-order valence-corrected chi connectivity index (χ0v) is 12.6. The predicted octanol–water partition coefficient (Wildman–Crippen LogP) is 2.61. The molecule has 20 heavy (non-hydrogen) atoms. The van der Waals surface area contributed by atoms with Crippen LogP contribution in [0.4, 0.5) is 0 Å². The van der Waals surface area contributed by atoms with Gasteiger partial charge >= 0.3 is 5.97 Å². The Kier molecular flexibility index (Phi) is 5.11. The minimum absolute atomic E-state index is 0.292. The summed E-state index contributed by atoms with van der Waals surface area (Å²) < 4.78 is 0.609. The van der Waals surface area contributed by atoms with Crippen LogP contribution in [0.3, 0.4) is 0 Å². The molecule has 1 aromatic heterocycles. The Labute approximate surface area is 125 Å². The molecule has 0 aliphatic heterocycles. The summed E-state index contributed by atoms with van der Waals surface area (Å²) >= 11 is 3.28. The lowest BCUT2D eigenvalue weighted by Gasteiger charge is -2.22. The molecule has 0 radical (unpaired) electrons. The van der Waals surface area contributed by atoms with Crippen molar-refractivity contribution in [1.29, 1.82) is 0 Å². The van der Waals surface area contributed by atoms with E-state index in [2.05, 4.69) is 26.2 Å². The smallest absolute Gasteiger partial charge is 0.308 e. The average Bonchev–Trinajstić information content (AvgIpc) is 2.64. The number of aliphatic carboxylic acids is 1. The van der Waals surface area contributed by atoms with Crippen molar-refractivity contribution >= 4 is 27.8 Å². The van der Waals surface area contributed by atoms with Gasteiger partial charge in [-0.25, -0.2) is 4.98 Å². The fourth-order valence-corrected chi connectivity index (χ4v) is 3.00. The Balaban J connectivity index is 2.12. The minimum Gasteiger partial charge on any atom is -0.481 e. The number of amides is 1. The van der Waals surface area contributed by atoms with Crippen molar-refractivity contribution in [3.05, 3.63) is 28.5 Å². The molecule has 2 rings (SSSR count). The number of rotatable bonds is 3. The molecule has 1 aliphatic rings. The van der Waals surface area contributed by atoms with Crippen molar-refractivity contribution in [2.75, 3.05) is 0 Å². The van der Waals surface area contributed by atoms with E-state index in [0.29, 0.717) is 23.0 Å². The summed E-state index contributed by atoms with van der Waals surface area (Å²) in [6.07, 6.45) is 5.72. The van der Waals surface area contributed by atoms with Crippen LogP contribution in [0.15, 0.2) is 22.8 Å². The molecule has 2 atom stereocenters. The second-order valence-electron chi connectivity index (χ2n) is 5.00. The van der Waals surface area contributed by atoms with E-state index in [1.54, 1.807) is 18.3 Å². The Hall–Kier alpha value is -1.43. The number of nitrogens with zero attached hydrogens (tertiary/aromatic N) is 1. The van der Waals surface area contributed by atoms with Crippen molar-refractivity contribution in [2.24, 2.45) is 5.92 Å². The topological polar surface area (TPSA) is 79.3 Å². The number of carboxylic acid groups (broad SMARTS) is 1. The zero-order valence-electron chi connectivity index (χ0n) is 11.0. The molecule has 0 spiro atoms. The number of nitrogens with one attached hydrogen (secondary N) is 1. The van der Waals surface area contributed by atoms with Gasteiger partial charge in [0.15, 0.2) is 0 Å². The van der Waals surface area contributed by atoms with Crippen LogP contribution in [0.5, 0.6) is 0 Å². The highest BCUT2D eigenvalue weighted by Crippen LogP contribution is 2.24. The SMILES string of the molecule is O=C(NC1CCCCCC1C(=O)O)c1ncccc1Br. The van der Waals surface area contributed by atoms with Crippen LogP contribution in [-0.2, 0) is 4.79 Å². The first-order chi connectivity index (χ1) is 9.59. The normalized spacial score (nSPS) is 22.9. The van der Waals surface area contributed by atoms with Crippen LogP contribution in [0.2, 0.25) is 0 Å². The quantitative estimate of drug-likeness (QED) is 0.829. The molecular weight excluding hydrogens is 324 g/mol. The van der Waals surface area contributed by atoms with E-state index in [4.69, 9.17) is 0 Å². The van der Waals surface area contributed by atoms with Crippen LogP contribution in [0, 0.1) is 5.92 Å². The Morgan fingerprint density at radius 2 is 2.05 bits per heavy atom. The fourth-order valence-electron chi connectivity index (χ4n) is 2.57. The van der Waals surface area contributed by atoms with Gasteiger partial charge in [-0.2, -0.15) is 0 Å². The fraction of sp³-hybridized carbons (Fsp3) is 0.500. The lowest BCUT2D eigenvalue weighted by atomic mass is 9.95. The first-order valence-electron chi connectivity index (χ1n) is 6.74. The number of aromatic nitrogens is 1. The number of hydrogen-bond donors (Lipinski definition) is 2. The summed E-state index contributed by atoms with van der Waals surface area (Å²) in [7, 11) is 0. The number of hydrogen-bond acceptors (Lipinski definition) is 3. The average molecular weight is 341 g/mol. The third-order valence-electron chi connectivity index (χ3n) is 3.62. The molecular formula is C14H17BrN2O3. The van der Waals surface area contributed by atoms with Crippen molar-refractivity contribution in [2.45, 2.75) is 38.1 Å². The first kappa shape index (κ1) is 15.0. The molecule has 1 fully saturated rings. The number of halogens is 1. The minimum atomic E-state index is -0.836. The molecule has 2 N–H and O–H groups in total. The van der Waals surface area contributed by atoms with Crippen molar-refractivity contribution in [3.63, 3.8) is 0 Å². The van der Waals surface area contributed by atoms with E-state index in [1.165, 1.54) is 0 Å². The van der Waals surface area contributed by atoms with E-state index >= 15 is 0 Å². The Morgan fingerprint density at radius 3 is 2.75 bits per heavy atom. The van der Waals surface area contributed by atoms with Gasteiger partial charge in [-0.05, 0) is 40.9 Å². The first-order valence-corrected chi connectivity index (χ1v) is 7.53. The highest BCUT2D eigenvalue weighted by Gasteiger charge is 2.31. The molecule has 1 aliphatic carbocycles. The molecule has 2 unspecified atom stereocenters. The monoisotopic (exact) mass is 340 g/mol. The highest BCUT2D eigenvalue weighted by molar-refractivity contribution is 9.10. The molecule has 1 aromatic rings. The highest BCUT2D eigenvalue weighted by atomic mass is 79.9. The maximum atomic E-state index is 12.2. The number of carboxylic acids is 1. The van der Waals surface area contributed by atoms with Crippen LogP contribution < -0.4 is 5.32 Å². The largest absolute Gasteiger partial charge is 0.481 e. The van der Waals surface area contributed by atoms with Gasteiger partial charge < -0.3 is 10.4 Å². The number of pyridine rings is 1. The summed E-state index contributed by atoms with van der Waals surface area (Å²) in [4.78, 5) is 27.6. The Morgan fingerprint density at radius 1 is 1.30 bits per heavy atom. The lowest BCUT2D eigenvalue weighted by Crippen LogP contribution is -2.43. The van der Waals surface area contributed by atoms with Crippen LogP contribution >= 0.6 is 15.9 Å². The van der Waals surface area contributed by atoms with Crippen molar-refractivity contribution in [1.82, 2.24) is 10.3 Å². The molecule has 6 heteroatoms.